The standard InChI is InChI=1S/C32H66O2/c1-4-6-8-10-12-14-16-18-20-22-24-26-29-33-31-28-32(3)34-30-27-25-23-21-19-17-15-13-11-9-7-5-2/h32H,4-31H2,1-3H3. The van der Waals surface area contributed by atoms with Crippen molar-refractivity contribution in [1.82, 2.24) is 0 Å². The van der Waals surface area contributed by atoms with E-state index in [1.165, 1.54) is 154 Å². The highest BCUT2D eigenvalue weighted by atomic mass is 16.5. The zero-order valence-electron chi connectivity index (χ0n) is 24.2. The Morgan fingerprint density at radius 1 is 0.382 bits per heavy atom. The lowest BCUT2D eigenvalue weighted by Crippen LogP contribution is -2.12. The minimum atomic E-state index is 0.342. The summed E-state index contributed by atoms with van der Waals surface area (Å²) in [5.41, 5.74) is 0. The Bertz CT molecular complexity index is 344. The first-order valence-corrected chi connectivity index (χ1v) is 16.0. The zero-order chi connectivity index (χ0) is 24.8. The third-order valence-electron chi connectivity index (χ3n) is 7.21. The van der Waals surface area contributed by atoms with Gasteiger partial charge in [0.2, 0.25) is 0 Å². The molecule has 2 nitrogen and oxygen atoms in total. The van der Waals surface area contributed by atoms with Crippen molar-refractivity contribution in [2.45, 2.75) is 187 Å². The van der Waals surface area contributed by atoms with Crippen LogP contribution < -0.4 is 0 Å². The molecule has 0 saturated heterocycles. The maximum Gasteiger partial charge on any atom is 0.0568 e. The van der Waals surface area contributed by atoms with Gasteiger partial charge in [-0.2, -0.15) is 0 Å². The van der Waals surface area contributed by atoms with Crippen molar-refractivity contribution in [3.05, 3.63) is 0 Å². The van der Waals surface area contributed by atoms with Crippen LogP contribution in [0.1, 0.15) is 181 Å². The molecule has 0 amide bonds. The number of hydrogen-bond acceptors (Lipinski definition) is 2. The fraction of sp³-hybridized carbons (Fsp3) is 1.00. The first-order chi connectivity index (χ1) is 16.8. The van der Waals surface area contributed by atoms with Gasteiger partial charge >= 0.3 is 0 Å². The molecule has 0 radical (unpaired) electrons. The van der Waals surface area contributed by atoms with Crippen molar-refractivity contribution in [2.24, 2.45) is 0 Å². The first kappa shape index (κ1) is 33.9. The van der Waals surface area contributed by atoms with Gasteiger partial charge in [-0.15, -0.1) is 0 Å². The fourth-order valence-corrected chi connectivity index (χ4v) is 4.71. The quantitative estimate of drug-likeness (QED) is 0.0947. The lowest BCUT2D eigenvalue weighted by molar-refractivity contribution is 0.0291. The number of unbranched alkanes of at least 4 members (excludes halogenated alkanes) is 22. The Morgan fingerprint density at radius 3 is 1.09 bits per heavy atom. The van der Waals surface area contributed by atoms with Crippen LogP contribution in [0.3, 0.4) is 0 Å². The Labute approximate surface area is 216 Å². The highest BCUT2D eigenvalue weighted by Crippen LogP contribution is 2.13. The van der Waals surface area contributed by atoms with Crippen molar-refractivity contribution >= 4 is 0 Å². The molecule has 0 aliphatic heterocycles. The summed E-state index contributed by atoms with van der Waals surface area (Å²) in [6.45, 7) is 9.51. The summed E-state index contributed by atoms with van der Waals surface area (Å²) in [6, 6.07) is 0. The molecule has 0 N–H and O–H groups in total. The second-order valence-corrected chi connectivity index (χ2v) is 10.9. The molecule has 2 heteroatoms. The van der Waals surface area contributed by atoms with Gasteiger partial charge in [-0.25, -0.2) is 0 Å². The minimum absolute atomic E-state index is 0.342. The molecular weight excluding hydrogens is 416 g/mol. The predicted molar refractivity (Wildman–Crippen MR) is 153 cm³/mol. The summed E-state index contributed by atoms with van der Waals surface area (Å²) in [6.07, 6.45) is 35.0. The molecule has 0 aromatic heterocycles. The van der Waals surface area contributed by atoms with Crippen molar-refractivity contribution in [2.75, 3.05) is 19.8 Å². The average Bonchev–Trinajstić information content (AvgIpc) is 2.84. The van der Waals surface area contributed by atoms with E-state index in [4.69, 9.17) is 9.47 Å². The molecule has 1 unspecified atom stereocenters. The average molecular weight is 483 g/mol. The van der Waals surface area contributed by atoms with Crippen molar-refractivity contribution in [1.29, 1.82) is 0 Å². The summed E-state index contributed by atoms with van der Waals surface area (Å²) in [5.74, 6) is 0. The third-order valence-corrected chi connectivity index (χ3v) is 7.21. The number of hydrogen-bond donors (Lipinski definition) is 0. The van der Waals surface area contributed by atoms with Crippen LogP contribution in [-0.2, 0) is 9.47 Å². The minimum Gasteiger partial charge on any atom is -0.381 e. The lowest BCUT2D eigenvalue weighted by atomic mass is 10.1. The third kappa shape index (κ3) is 30.0. The molecule has 0 saturated carbocycles. The molecule has 0 rings (SSSR count). The highest BCUT2D eigenvalue weighted by Gasteiger charge is 2.02. The second kappa shape index (κ2) is 31.0. The summed E-state index contributed by atoms with van der Waals surface area (Å²) < 4.78 is 11.8. The van der Waals surface area contributed by atoms with Gasteiger partial charge in [-0.05, 0) is 26.2 Å². The smallest absolute Gasteiger partial charge is 0.0568 e. The van der Waals surface area contributed by atoms with E-state index in [-0.39, 0.29) is 0 Å². The SMILES string of the molecule is CCCCCCCCCCCCCCOCCC(C)OCCCCCCCCCCCCCC. The maximum absolute atomic E-state index is 5.97. The molecule has 0 spiro atoms. The van der Waals surface area contributed by atoms with Gasteiger partial charge in [0.25, 0.3) is 0 Å². The monoisotopic (exact) mass is 483 g/mol. The molecule has 0 aliphatic rings. The van der Waals surface area contributed by atoms with Crippen LogP contribution in [0, 0.1) is 0 Å². The Balaban J connectivity index is 3.13. The summed E-state index contributed by atoms with van der Waals surface area (Å²) in [7, 11) is 0. The summed E-state index contributed by atoms with van der Waals surface area (Å²) >= 11 is 0. The van der Waals surface area contributed by atoms with Gasteiger partial charge in [-0.3, -0.25) is 0 Å². The van der Waals surface area contributed by atoms with E-state index in [1.807, 2.05) is 0 Å². The van der Waals surface area contributed by atoms with E-state index in [1.54, 1.807) is 0 Å². The molecular formula is C32H66O2. The first-order valence-electron chi connectivity index (χ1n) is 16.0. The zero-order valence-corrected chi connectivity index (χ0v) is 24.2. The molecule has 0 bridgehead atoms. The Morgan fingerprint density at radius 2 is 0.706 bits per heavy atom. The molecule has 1 atom stereocenters. The molecule has 0 aromatic rings. The van der Waals surface area contributed by atoms with Crippen molar-refractivity contribution < 1.29 is 9.47 Å². The Kier molecular flexibility index (Phi) is 30.9. The van der Waals surface area contributed by atoms with E-state index in [9.17, 15) is 0 Å². The van der Waals surface area contributed by atoms with E-state index in [0.29, 0.717) is 6.10 Å². The summed E-state index contributed by atoms with van der Waals surface area (Å²) in [4.78, 5) is 0. The Hall–Kier alpha value is -0.0800. The van der Waals surface area contributed by atoms with Crippen molar-refractivity contribution in [3.63, 3.8) is 0 Å². The molecule has 0 heterocycles. The van der Waals surface area contributed by atoms with Gasteiger partial charge in [0, 0.05) is 19.8 Å². The van der Waals surface area contributed by atoms with Gasteiger partial charge in [0.15, 0.2) is 0 Å². The van der Waals surface area contributed by atoms with Gasteiger partial charge in [0.1, 0.15) is 0 Å². The molecule has 34 heavy (non-hydrogen) atoms. The predicted octanol–water partition coefficient (Wildman–Crippen LogP) is 11.2. The molecule has 206 valence electrons. The van der Waals surface area contributed by atoms with Crippen LogP contribution >= 0.6 is 0 Å². The maximum atomic E-state index is 5.97. The number of ether oxygens (including phenoxy) is 2. The summed E-state index contributed by atoms with van der Waals surface area (Å²) in [5, 5.41) is 0. The van der Waals surface area contributed by atoms with Crippen LogP contribution in [-0.4, -0.2) is 25.9 Å². The lowest BCUT2D eigenvalue weighted by Gasteiger charge is -2.13. The number of rotatable bonds is 30. The van der Waals surface area contributed by atoms with Crippen LogP contribution in [0.25, 0.3) is 0 Å². The molecule has 0 aromatic carbocycles. The van der Waals surface area contributed by atoms with Crippen LogP contribution in [0.5, 0.6) is 0 Å². The normalized spacial score (nSPS) is 12.4. The van der Waals surface area contributed by atoms with Gasteiger partial charge in [0.05, 0.1) is 6.10 Å². The fourth-order valence-electron chi connectivity index (χ4n) is 4.71. The van der Waals surface area contributed by atoms with Crippen LogP contribution in [0.2, 0.25) is 0 Å². The highest BCUT2D eigenvalue weighted by molar-refractivity contribution is 4.52. The van der Waals surface area contributed by atoms with E-state index in [2.05, 4.69) is 20.8 Å². The second-order valence-electron chi connectivity index (χ2n) is 10.9. The largest absolute Gasteiger partial charge is 0.381 e. The topological polar surface area (TPSA) is 18.5 Å². The van der Waals surface area contributed by atoms with Crippen LogP contribution in [0.15, 0.2) is 0 Å². The van der Waals surface area contributed by atoms with Crippen LogP contribution in [0.4, 0.5) is 0 Å². The van der Waals surface area contributed by atoms with E-state index >= 15 is 0 Å². The van der Waals surface area contributed by atoms with E-state index < -0.39 is 0 Å². The van der Waals surface area contributed by atoms with Crippen molar-refractivity contribution in [3.8, 4) is 0 Å². The molecule has 0 aliphatic carbocycles. The van der Waals surface area contributed by atoms with Gasteiger partial charge in [-0.1, -0.05) is 155 Å². The van der Waals surface area contributed by atoms with E-state index in [0.717, 1.165) is 26.2 Å². The molecule has 0 fully saturated rings. The van der Waals surface area contributed by atoms with Gasteiger partial charge < -0.3 is 9.47 Å².